The standard InChI is InChI=1S/C22H38.C21H28.C20H26.C18H30.C16H26.C15H24/c1-19(2,3)15-13-16(20(4,5)6)18(22(10,11)12)17(14-15)21(7,8)9;1-15-11-13-16(14-12-15)17-9-8-10-18(20(2,3)4)19(17)21(5,6)7;1-19(2,3)17-14-10-13-16(18(17)20(4,5)6)15-11-8-7-9-12-15;1-16(2,3)13-10-11-14(17(4,5)6)15(12-13)18(7,8)9;1-12(15(2,3)4)13-8-10-14(11-9-13)16(5,6)7;1-14(2,3)11-12-7-9-13(10-8-12)15(4,5)6/h13-14H,1-12H3;8-14H,1-7H3;7-14H,1-6H3;10-12H,1-9H3;8-12H,1-7H3;7-10H,11H2,1-6H3/i;11D,12D,13D,14D;;;12D;. The van der Waals surface area contributed by atoms with Gasteiger partial charge in [-0.05, 0) is 206 Å². The average Bonchev–Trinajstić information content (AvgIpc) is 0.754. The topological polar surface area (TPSA) is 0 Å². The summed E-state index contributed by atoms with van der Waals surface area (Å²) in [5, 5.41) is 0. The molecule has 0 bridgehead atoms. The summed E-state index contributed by atoms with van der Waals surface area (Å²) in [4.78, 5) is 0. The van der Waals surface area contributed by atoms with Crippen molar-refractivity contribution in [1.29, 1.82) is 0 Å². The van der Waals surface area contributed by atoms with Gasteiger partial charge in [-0.3, -0.25) is 0 Å². The van der Waals surface area contributed by atoms with E-state index in [9.17, 15) is 0 Å². The second kappa shape index (κ2) is 36.5. The van der Waals surface area contributed by atoms with Gasteiger partial charge in [0.15, 0.2) is 0 Å². The summed E-state index contributed by atoms with van der Waals surface area (Å²) < 4.78 is 41.8. The van der Waals surface area contributed by atoms with E-state index in [1.165, 1.54) is 77.9 Å². The minimum Gasteiger partial charge on any atom is -0.0622 e. The lowest BCUT2D eigenvalue weighted by atomic mass is 9.66. The zero-order valence-electron chi connectivity index (χ0n) is 86.6. The van der Waals surface area contributed by atoms with Gasteiger partial charge in [0.2, 0.25) is 0 Å². The first-order valence-corrected chi connectivity index (χ1v) is 42.4. The van der Waals surface area contributed by atoms with Crippen LogP contribution in [0.1, 0.15) is 420 Å². The SMILES string of the molecule is CC(C)(C)Cc1ccc(C(C)(C)C)cc1.CC(C)(C)c1cc(C(C)(C)C)c(C(C)(C)C)c(C(C)(C)C)c1.CC(C)(C)c1ccc(C(C)(C)C)c(C(C)(C)C)c1.CC(C)(C)c1cccc(-c2ccccc2)c1C(C)(C)C.[2H]C(C)(c1ccc(C(C)(C)C)cc1)C(C)(C)C.[2H]c1c([2H])c(-c2cccc(C(C)(C)C)c2C(C)(C)C)c([2H])c([2H])c1C. The first-order valence-electron chi connectivity index (χ1n) is 44.9. The Balaban J connectivity index is 0.000000366. The fourth-order valence-electron chi connectivity index (χ4n) is 14.3. The Labute approximate surface area is 702 Å². The summed E-state index contributed by atoms with van der Waals surface area (Å²) in [6, 6.07) is 53.2. The molecule has 1 atom stereocenters. The highest BCUT2D eigenvalue weighted by molar-refractivity contribution is 5.72. The van der Waals surface area contributed by atoms with Crippen LogP contribution in [0.25, 0.3) is 22.3 Å². The summed E-state index contributed by atoms with van der Waals surface area (Å²) >= 11 is 0. The highest BCUT2D eigenvalue weighted by Gasteiger charge is 2.36. The molecular formula is C112H172. The molecule has 0 saturated heterocycles. The number of hydrogen-bond acceptors (Lipinski definition) is 0. The van der Waals surface area contributed by atoms with Crippen molar-refractivity contribution in [2.24, 2.45) is 10.8 Å². The maximum Gasteiger partial charge on any atom is 0.0629 e. The Morgan fingerprint density at radius 2 is 0.571 bits per heavy atom. The molecule has 0 saturated carbocycles. The van der Waals surface area contributed by atoms with Crippen molar-refractivity contribution in [1.82, 2.24) is 0 Å². The molecule has 0 heteroatoms. The Kier molecular flexibility index (Phi) is 29.8. The lowest BCUT2D eigenvalue weighted by Gasteiger charge is -2.38. The zero-order chi connectivity index (χ0) is 91.5. The monoisotopic (exact) mass is 1520 g/mol. The Bertz CT molecular complexity index is 4470. The van der Waals surface area contributed by atoms with Crippen LogP contribution >= 0.6 is 0 Å². The third-order valence-corrected chi connectivity index (χ3v) is 21.1. The molecule has 8 aromatic rings. The molecule has 0 amide bonds. The van der Waals surface area contributed by atoms with Crippen LogP contribution in [0.2, 0.25) is 0 Å². The average molecular weight is 1520 g/mol. The third-order valence-electron chi connectivity index (χ3n) is 21.1. The Morgan fingerprint density at radius 3 is 0.875 bits per heavy atom. The third kappa shape index (κ3) is 30.4. The molecule has 0 aliphatic rings. The van der Waals surface area contributed by atoms with Gasteiger partial charge in [0, 0.05) is 1.37 Å². The highest BCUT2D eigenvalue weighted by Crippen LogP contribution is 2.46. The maximum atomic E-state index is 8.55. The van der Waals surface area contributed by atoms with Crippen LogP contribution < -0.4 is 0 Å². The number of benzene rings is 8. The van der Waals surface area contributed by atoms with Crippen molar-refractivity contribution in [3.05, 3.63) is 259 Å². The smallest absolute Gasteiger partial charge is 0.0622 e. The predicted octanol–water partition coefficient (Wildman–Crippen LogP) is 34.4. The first kappa shape index (κ1) is 91.3. The predicted molar refractivity (Wildman–Crippen MR) is 508 cm³/mol. The molecule has 0 spiro atoms. The van der Waals surface area contributed by atoms with Crippen LogP contribution in [0.3, 0.4) is 0 Å². The second-order valence-corrected chi connectivity index (χ2v) is 48.2. The van der Waals surface area contributed by atoms with Crippen molar-refractivity contribution in [2.75, 3.05) is 0 Å². The summed E-state index contributed by atoms with van der Waals surface area (Å²) in [5.74, 6) is -0.552. The fraction of sp³-hybridized carbons (Fsp3) is 0.571. The van der Waals surface area contributed by atoms with E-state index in [-0.39, 0.29) is 100.0 Å². The van der Waals surface area contributed by atoms with Gasteiger partial charge in [0.05, 0.1) is 5.48 Å². The lowest BCUT2D eigenvalue weighted by molar-refractivity contribution is 0.339. The van der Waals surface area contributed by atoms with Gasteiger partial charge < -0.3 is 0 Å². The molecule has 0 aliphatic carbocycles. The molecule has 0 N–H and O–H groups in total. The summed E-state index contributed by atoms with van der Waals surface area (Å²) in [7, 11) is 0. The molecule has 112 heavy (non-hydrogen) atoms. The van der Waals surface area contributed by atoms with E-state index in [0.29, 0.717) is 16.5 Å². The molecule has 1 unspecified atom stereocenters. The van der Waals surface area contributed by atoms with Crippen molar-refractivity contribution >= 4 is 0 Å². The van der Waals surface area contributed by atoms with Crippen LogP contribution in [0, 0.1) is 17.8 Å². The second-order valence-electron chi connectivity index (χ2n) is 48.2. The Hall–Kier alpha value is -6.24. The number of rotatable bonds is 4. The normalized spacial score (nSPS) is 14.4. The van der Waals surface area contributed by atoms with Gasteiger partial charge in [0.25, 0.3) is 0 Å². The van der Waals surface area contributed by atoms with Gasteiger partial charge >= 0.3 is 0 Å². The van der Waals surface area contributed by atoms with E-state index >= 15 is 0 Å². The molecule has 620 valence electrons. The summed E-state index contributed by atoms with van der Waals surface area (Å²) in [6.45, 7) is 106. The van der Waals surface area contributed by atoms with E-state index in [4.69, 9.17) is 6.85 Å². The van der Waals surface area contributed by atoms with Crippen molar-refractivity contribution in [3.8, 4) is 22.3 Å². The minimum absolute atomic E-state index is 0.0371. The van der Waals surface area contributed by atoms with E-state index in [1.54, 1.807) is 12.5 Å². The Morgan fingerprint density at radius 1 is 0.259 bits per heavy atom. The van der Waals surface area contributed by atoms with Gasteiger partial charge in [0.1, 0.15) is 0 Å². The molecule has 0 radical (unpaired) electrons. The van der Waals surface area contributed by atoms with Crippen molar-refractivity contribution in [2.45, 2.75) is 408 Å². The molecule has 8 rings (SSSR count). The van der Waals surface area contributed by atoms with Crippen LogP contribution in [-0.2, 0) is 76.8 Å². The first-order chi connectivity index (χ1) is 51.9. The fourth-order valence-corrected chi connectivity index (χ4v) is 14.3. The van der Waals surface area contributed by atoms with E-state index in [1.807, 2.05) is 19.1 Å². The highest BCUT2D eigenvalue weighted by atomic mass is 14.4. The molecule has 0 heterocycles. The van der Waals surface area contributed by atoms with Crippen LogP contribution in [0.5, 0.6) is 0 Å². The molecule has 8 aromatic carbocycles. The molecular weight excluding hydrogens is 1350 g/mol. The van der Waals surface area contributed by atoms with Crippen molar-refractivity contribution < 1.29 is 6.85 Å². The number of hydrogen-bond donors (Lipinski definition) is 0. The van der Waals surface area contributed by atoms with Gasteiger partial charge in [-0.25, -0.2) is 0 Å². The molecule has 0 aromatic heterocycles. The summed E-state index contributed by atoms with van der Waals surface area (Å²) in [6.07, 6.45) is 1.15. The maximum absolute atomic E-state index is 8.55. The largest absolute Gasteiger partial charge is 0.0629 e. The van der Waals surface area contributed by atoms with E-state index in [0.717, 1.165) is 23.1 Å². The lowest BCUT2D eigenvalue weighted by Crippen LogP contribution is -2.29. The summed E-state index contributed by atoms with van der Waals surface area (Å²) in [5.41, 5.74) is 27.2. The molecule has 0 aliphatic heterocycles. The quantitative estimate of drug-likeness (QED) is 0.165. The van der Waals surface area contributed by atoms with Crippen LogP contribution in [0.15, 0.2) is 170 Å². The zero-order valence-corrected chi connectivity index (χ0v) is 81.6. The molecule has 0 nitrogen and oxygen atoms in total. The van der Waals surface area contributed by atoms with E-state index in [2.05, 4.69) is 445 Å². The van der Waals surface area contributed by atoms with Crippen molar-refractivity contribution in [3.63, 3.8) is 0 Å². The van der Waals surface area contributed by atoms with Crippen LogP contribution in [0.4, 0.5) is 0 Å². The van der Waals surface area contributed by atoms with Gasteiger partial charge in [-0.2, -0.15) is 0 Å². The molecule has 0 fully saturated rings. The van der Waals surface area contributed by atoms with Gasteiger partial charge in [-0.1, -0.05) is 494 Å². The minimum atomic E-state index is -0.552. The van der Waals surface area contributed by atoms with Gasteiger partial charge in [-0.15, -0.1) is 0 Å². The van der Waals surface area contributed by atoms with E-state index < -0.39 is 5.89 Å². The van der Waals surface area contributed by atoms with Crippen LogP contribution in [-0.4, -0.2) is 0 Å².